The largest absolute Gasteiger partial charge is 0.507 e. The number of phenols is 1. The average molecular weight is 295 g/mol. The molecule has 0 fully saturated rings. The van der Waals surface area contributed by atoms with Crippen molar-refractivity contribution < 1.29 is 14.2 Å². The van der Waals surface area contributed by atoms with Crippen LogP contribution < -0.4 is 4.74 Å². The van der Waals surface area contributed by atoms with Gasteiger partial charge in [0.25, 0.3) is 0 Å². The summed E-state index contributed by atoms with van der Waals surface area (Å²) in [6, 6.07) is 7.53. The van der Waals surface area contributed by atoms with Crippen LogP contribution in [0.2, 0.25) is 5.02 Å². The molecule has 106 valence electrons. The van der Waals surface area contributed by atoms with Gasteiger partial charge in [0.1, 0.15) is 17.3 Å². The van der Waals surface area contributed by atoms with Crippen LogP contribution >= 0.6 is 11.6 Å². The second kappa shape index (κ2) is 5.71. The van der Waals surface area contributed by atoms with Crippen LogP contribution in [-0.2, 0) is 0 Å². The zero-order valence-electron chi connectivity index (χ0n) is 11.6. The molecule has 0 aliphatic rings. The van der Waals surface area contributed by atoms with Gasteiger partial charge in [-0.2, -0.15) is 0 Å². The van der Waals surface area contributed by atoms with Gasteiger partial charge in [-0.15, -0.1) is 0 Å². The highest BCUT2D eigenvalue weighted by Crippen LogP contribution is 2.36. The fraction of sp³-hybridized carbons (Fsp3) is 0.250. The number of aryl methyl sites for hydroxylation is 1. The van der Waals surface area contributed by atoms with E-state index in [0.29, 0.717) is 16.3 Å². The zero-order chi connectivity index (χ0) is 14.9. The maximum Gasteiger partial charge on any atom is 0.131 e. The van der Waals surface area contributed by atoms with Crippen molar-refractivity contribution >= 4 is 11.6 Å². The Morgan fingerprint density at radius 3 is 2.50 bits per heavy atom. The Kier molecular flexibility index (Phi) is 4.19. The molecule has 0 amide bonds. The van der Waals surface area contributed by atoms with Crippen molar-refractivity contribution in [2.45, 2.75) is 26.9 Å². The SMILES string of the molecule is Cc1cc(O)c(-c2cc(OC(C)C)ccc2F)cc1Cl. The number of rotatable bonds is 3. The molecule has 1 N–H and O–H groups in total. The van der Waals surface area contributed by atoms with Crippen LogP contribution in [0.4, 0.5) is 4.39 Å². The summed E-state index contributed by atoms with van der Waals surface area (Å²) in [5, 5.41) is 10.5. The van der Waals surface area contributed by atoms with Gasteiger partial charge in [0, 0.05) is 16.1 Å². The number of hydrogen-bond donors (Lipinski definition) is 1. The van der Waals surface area contributed by atoms with Gasteiger partial charge in [0.05, 0.1) is 6.10 Å². The minimum atomic E-state index is -0.434. The first-order valence-corrected chi connectivity index (χ1v) is 6.72. The lowest BCUT2D eigenvalue weighted by Crippen LogP contribution is -2.05. The van der Waals surface area contributed by atoms with Crippen molar-refractivity contribution in [1.29, 1.82) is 0 Å². The van der Waals surface area contributed by atoms with Crippen molar-refractivity contribution in [2.24, 2.45) is 0 Å². The van der Waals surface area contributed by atoms with Gasteiger partial charge in [-0.05, 0) is 56.7 Å². The highest BCUT2D eigenvalue weighted by molar-refractivity contribution is 6.31. The Balaban J connectivity index is 2.54. The van der Waals surface area contributed by atoms with Crippen LogP contribution in [0, 0.1) is 12.7 Å². The molecule has 0 radical (unpaired) electrons. The van der Waals surface area contributed by atoms with Crippen molar-refractivity contribution in [3.8, 4) is 22.6 Å². The van der Waals surface area contributed by atoms with E-state index in [4.69, 9.17) is 16.3 Å². The molecule has 0 aliphatic heterocycles. The molecule has 2 nitrogen and oxygen atoms in total. The topological polar surface area (TPSA) is 29.5 Å². The molecular weight excluding hydrogens is 279 g/mol. The van der Waals surface area contributed by atoms with E-state index in [0.717, 1.165) is 5.56 Å². The van der Waals surface area contributed by atoms with Crippen LogP contribution in [0.15, 0.2) is 30.3 Å². The Morgan fingerprint density at radius 1 is 1.15 bits per heavy atom. The minimum Gasteiger partial charge on any atom is -0.507 e. The van der Waals surface area contributed by atoms with Gasteiger partial charge in [-0.1, -0.05) is 11.6 Å². The summed E-state index contributed by atoms with van der Waals surface area (Å²) in [5.74, 6) is 0.108. The van der Waals surface area contributed by atoms with Crippen LogP contribution in [0.5, 0.6) is 11.5 Å². The predicted octanol–water partition coefficient (Wildman–Crippen LogP) is 4.95. The zero-order valence-corrected chi connectivity index (χ0v) is 12.3. The summed E-state index contributed by atoms with van der Waals surface area (Å²) in [5.41, 5.74) is 1.36. The average Bonchev–Trinajstić information content (AvgIpc) is 2.36. The summed E-state index contributed by atoms with van der Waals surface area (Å²) in [7, 11) is 0. The molecule has 0 heterocycles. The molecule has 0 spiro atoms. The Hall–Kier alpha value is -1.74. The molecule has 0 unspecified atom stereocenters. The molecule has 0 saturated heterocycles. The molecule has 0 aromatic heterocycles. The van der Waals surface area contributed by atoms with E-state index in [1.165, 1.54) is 12.1 Å². The predicted molar refractivity (Wildman–Crippen MR) is 79.0 cm³/mol. The second-order valence-corrected chi connectivity index (χ2v) is 5.33. The van der Waals surface area contributed by atoms with E-state index in [9.17, 15) is 9.50 Å². The standard InChI is InChI=1S/C16H16ClFO2/c1-9(2)20-11-4-5-15(18)12(7-11)13-8-14(17)10(3)6-16(13)19/h4-9,19H,1-3H3. The molecule has 2 rings (SSSR count). The highest BCUT2D eigenvalue weighted by atomic mass is 35.5. The summed E-state index contributed by atoms with van der Waals surface area (Å²) in [6.07, 6.45) is -0.0106. The Morgan fingerprint density at radius 2 is 1.85 bits per heavy atom. The molecule has 2 aromatic carbocycles. The van der Waals surface area contributed by atoms with Crippen LogP contribution in [0.3, 0.4) is 0 Å². The van der Waals surface area contributed by atoms with E-state index < -0.39 is 5.82 Å². The molecule has 0 atom stereocenters. The fourth-order valence-corrected chi connectivity index (χ4v) is 2.10. The third kappa shape index (κ3) is 3.05. The van der Waals surface area contributed by atoms with Crippen molar-refractivity contribution in [3.05, 3.63) is 46.7 Å². The maximum atomic E-state index is 14.0. The molecule has 20 heavy (non-hydrogen) atoms. The summed E-state index contributed by atoms with van der Waals surface area (Å²) >= 11 is 6.05. The number of halogens is 2. The first kappa shape index (κ1) is 14.7. The third-order valence-electron chi connectivity index (χ3n) is 2.88. The van der Waals surface area contributed by atoms with E-state index in [-0.39, 0.29) is 17.4 Å². The van der Waals surface area contributed by atoms with Crippen molar-refractivity contribution in [3.63, 3.8) is 0 Å². The summed E-state index contributed by atoms with van der Waals surface area (Å²) in [6.45, 7) is 5.56. The number of ether oxygens (including phenoxy) is 1. The van der Waals surface area contributed by atoms with Gasteiger partial charge in [-0.3, -0.25) is 0 Å². The first-order chi connectivity index (χ1) is 9.38. The fourth-order valence-electron chi connectivity index (χ4n) is 1.94. The van der Waals surface area contributed by atoms with Gasteiger partial charge >= 0.3 is 0 Å². The number of benzene rings is 2. The molecule has 0 saturated carbocycles. The highest BCUT2D eigenvalue weighted by Gasteiger charge is 2.13. The number of aromatic hydroxyl groups is 1. The second-order valence-electron chi connectivity index (χ2n) is 4.93. The third-order valence-corrected chi connectivity index (χ3v) is 3.28. The lowest BCUT2D eigenvalue weighted by molar-refractivity contribution is 0.242. The van der Waals surface area contributed by atoms with Gasteiger partial charge in [0.2, 0.25) is 0 Å². The van der Waals surface area contributed by atoms with Crippen molar-refractivity contribution in [1.82, 2.24) is 0 Å². The van der Waals surface area contributed by atoms with E-state index in [1.54, 1.807) is 25.1 Å². The monoisotopic (exact) mass is 294 g/mol. The Labute approximate surface area is 122 Å². The molecule has 0 bridgehead atoms. The number of hydrogen-bond acceptors (Lipinski definition) is 2. The van der Waals surface area contributed by atoms with E-state index in [1.807, 2.05) is 13.8 Å². The van der Waals surface area contributed by atoms with E-state index >= 15 is 0 Å². The maximum absolute atomic E-state index is 14.0. The summed E-state index contributed by atoms with van der Waals surface area (Å²) < 4.78 is 19.5. The smallest absolute Gasteiger partial charge is 0.131 e. The number of phenolic OH excluding ortho intramolecular Hbond substituents is 1. The lowest BCUT2D eigenvalue weighted by Gasteiger charge is -2.13. The lowest BCUT2D eigenvalue weighted by atomic mass is 10.0. The van der Waals surface area contributed by atoms with Crippen molar-refractivity contribution in [2.75, 3.05) is 0 Å². The van der Waals surface area contributed by atoms with Crippen LogP contribution in [0.25, 0.3) is 11.1 Å². The quantitative estimate of drug-likeness (QED) is 0.868. The molecular formula is C16H16ClFO2. The minimum absolute atomic E-state index is 0.00695. The van der Waals surface area contributed by atoms with Gasteiger partial charge < -0.3 is 9.84 Å². The molecule has 2 aromatic rings. The van der Waals surface area contributed by atoms with Gasteiger partial charge in [-0.25, -0.2) is 4.39 Å². The normalized spacial score (nSPS) is 10.9. The first-order valence-electron chi connectivity index (χ1n) is 6.34. The molecule has 4 heteroatoms. The van der Waals surface area contributed by atoms with E-state index in [2.05, 4.69) is 0 Å². The Bertz CT molecular complexity index is 639. The van der Waals surface area contributed by atoms with Crippen LogP contribution in [0.1, 0.15) is 19.4 Å². The summed E-state index contributed by atoms with van der Waals surface area (Å²) in [4.78, 5) is 0. The van der Waals surface area contributed by atoms with Crippen LogP contribution in [-0.4, -0.2) is 11.2 Å². The molecule has 0 aliphatic carbocycles. The van der Waals surface area contributed by atoms with Gasteiger partial charge in [0.15, 0.2) is 0 Å².